The van der Waals surface area contributed by atoms with Crippen LogP contribution in [0.1, 0.15) is 28.7 Å². The van der Waals surface area contributed by atoms with E-state index in [4.69, 9.17) is 4.74 Å². The Morgan fingerprint density at radius 3 is 2.88 bits per heavy atom. The summed E-state index contributed by atoms with van der Waals surface area (Å²) in [5.74, 6) is 0.761. The molecule has 0 aromatic heterocycles. The van der Waals surface area contributed by atoms with Crippen LogP contribution in [-0.2, 0) is 24.4 Å². The molecular weight excluding hydrogens is 368 g/mol. The second kappa shape index (κ2) is 7.81. The van der Waals surface area contributed by atoms with Gasteiger partial charge in [0.05, 0.1) is 17.5 Å². The van der Waals surface area contributed by atoms with Gasteiger partial charge in [-0.25, -0.2) is 0 Å². The zero-order valence-corrected chi connectivity index (χ0v) is 15.3. The molecule has 1 aliphatic rings. The summed E-state index contributed by atoms with van der Waals surface area (Å²) in [6, 6.07) is 12.3. The average molecular weight is 389 g/mol. The Kier molecular flexibility index (Phi) is 5.53. The Bertz CT molecular complexity index is 746. The van der Waals surface area contributed by atoms with E-state index in [1.807, 2.05) is 25.1 Å². The smallest absolute Gasteiger partial charge is 0.223 e. The molecule has 5 heteroatoms. The van der Waals surface area contributed by atoms with Crippen LogP contribution in [0.2, 0.25) is 0 Å². The van der Waals surface area contributed by atoms with E-state index in [9.17, 15) is 4.79 Å². The van der Waals surface area contributed by atoms with E-state index in [1.54, 1.807) is 0 Å². The Hall–Kier alpha value is -1.85. The molecule has 4 nitrogen and oxygen atoms in total. The lowest BCUT2D eigenvalue weighted by Gasteiger charge is -2.10. The number of benzene rings is 2. The van der Waals surface area contributed by atoms with Crippen molar-refractivity contribution < 1.29 is 9.53 Å². The predicted molar refractivity (Wildman–Crippen MR) is 97.8 cm³/mol. The molecule has 0 spiro atoms. The Labute approximate surface area is 150 Å². The number of amides is 1. The number of carbonyl (C=O) groups excluding carboxylic acids is 1. The van der Waals surface area contributed by atoms with Gasteiger partial charge in [-0.15, -0.1) is 0 Å². The van der Waals surface area contributed by atoms with Crippen molar-refractivity contribution in [1.82, 2.24) is 10.6 Å². The van der Waals surface area contributed by atoms with Gasteiger partial charge in [0.25, 0.3) is 0 Å². The molecule has 0 bridgehead atoms. The molecule has 0 unspecified atom stereocenters. The summed E-state index contributed by atoms with van der Waals surface area (Å²) in [5.41, 5.74) is 4.97. The van der Waals surface area contributed by atoms with E-state index in [0.717, 1.165) is 34.4 Å². The van der Waals surface area contributed by atoms with E-state index < -0.39 is 0 Å². The second-order valence-electron chi connectivity index (χ2n) is 6.02. The SMILES string of the molecule is Cc1ccc(OCCC(=O)NCc2ccc3c(c2)CNC3)c(Br)c1. The number of aryl methyl sites for hydroxylation is 1. The largest absolute Gasteiger partial charge is 0.492 e. The first-order chi connectivity index (χ1) is 11.6. The molecule has 0 fully saturated rings. The van der Waals surface area contributed by atoms with Crippen LogP contribution in [0, 0.1) is 6.92 Å². The highest BCUT2D eigenvalue weighted by Gasteiger charge is 2.10. The molecule has 24 heavy (non-hydrogen) atoms. The highest BCUT2D eigenvalue weighted by molar-refractivity contribution is 9.10. The number of ether oxygens (including phenoxy) is 1. The molecule has 2 aromatic rings. The van der Waals surface area contributed by atoms with E-state index in [2.05, 4.69) is 44.8 Å². The lowest BCUT2D eigenvalue weighted by Crippen LogP contribution is -2.24. The summed E-state index contributed by atoms with van der Waals surface area (Å²) in [7, 11) is 0. The molecule has 2 N–H and O–H groups in total. The number of halogens is 1. The molecule has 1 heterocycles. The summed E-state index contributed by atoms with van der Waals surface area (Å²) in [4.78, 5) is 12.0. The summed E-state index contributed by atoms with van der Waals surface area (Å²) in [5, 5.41) is 6.27. The van der Waals surface area contributed by atoms with Gasteiger partial charge in [-0.2, -0.15) is 0 Å². The van der Waals surface area contributed by atoms with Gasteiger partial charge in [0.1, 0.15) is 5.75 Å². The summed E-state index contributed by atoms with van der Waals surface area (Å²) in [6.07, 6.45) is 0.340. The minimum Gasteiger partial charge on any atom is -0.492 e. The van der Waals surface area contributed by atoms with E-state index in [1.165, 1.54) is 11.1 Å². The van der Waals surface area contributed by atoms with Crippen LogP contribution < -0.4 is 15.4 Å². The van der Waals surface area contributed by atoms with Crippen molar-refractivity contribution in [2.75, 3.05) is 6.61 Å². The Morgan fingerprint density at radius 2 is 2.04 bits per heavy atom. The monoisotopic (exact) mass is 388 g/mol. The van der Waals surface area contributed by atoms with Gasteiger partial charge >= 0.3 is 0 Å². The summed E-state index contributed by atoms with van der Waals surface area (Å²) >= 11 is 3.47. The molecule has 126 valence electrons. The van der Waals surface area contributed by atoms with Gasteiger partial charge in [-0.05, 0) is 57.2 Å². The molecule has 3 rings (SSSR count). The molecule has 0 radical (unpaired) electrons. The fourth-order valence-corrected chi connectivity index (χ4v) is 3.33. The molecule has 0 saturated carbocycles. The molecule has 1 amide bonds. The molecule has 0 aliphatic carbocycles. The second-order valence-corrected chi connectivity index (χ2v) is 6.87. The van der Waals surface area contributed by atoms with Gasteiger partial charge in [-0.3, -0.25) is 4.79 Å². The van der Waals surface area contributed by atoms with Gasteiger partial charge in [0.15, 0.2) is 0 Å². The van der Waals surface area contributed by atoms with Crippen LogP contribution in [0.3, 0.4) is 0 Å². The molecule has 2 aromatic carbocycles. The van der Waals surface area contributed by atoms with Crippen LogP contribution in [0.25, 0.3) is 0 Å². The van der Waals surface area contributed by atoms with Gasteiger partial charge < -0.3 is 15.4 Å². The molecule has 0 atom stereocenters. The third kappa shape index (κ3) is 4.36. The highest BCUT2D eigenvalue weighted by Crippen LogP contribution is 2.25. The summed E-state index contributed by atoms with van der Waals surface area (Å²) in [6.45, 7) is 4.79. The average Bonchev–Trinajstić information content (AvgIpc) is 3.02. The molecular formula is C19H21BrN2O2. The van der Waals surface area contributed by atoms with Gasteiger partial charge in [0.2, 0.25) is 5.91 Å². The van der Waals surface area contributed by atoms with Crippen LogP contribution in [0.4, 0.5) is 0 Å². The summed E-state index contributed by atoms with van der Waals surface area (Å²) < 4.78 is 6.57. The standard InChI is InChI=1S/C19H21BrN2O2/c1-13-2-5-18(17(20)8-13)24-7-6-19(23)22-10-14-3-4-15-11-21-12-16(15)9-14/h2-5,8-9,21H,6-7,10-12H2,1H3,(H,22,23). The first-order valence-electron chi connectivity index (χ1n) is 8.09. The van der Waals surface area contributed by atoms with Crippen molar-refractivity contribution in [1.29, 1.82) is 0 Å². The first kappa shape index (κ1) is 17.0. The molecule has 1 aliphatic heterocycles. The van der Waals surface area contributed by atoms with Gasteiger partial charge in [-0.1, -0.05) is 24.3 Å². The predicted octanol–water partition coefficient (Wildman–Crippen LogP) is 3.45. The Morgan fingerprint density at radius 1 is 1.21 bits per heavy atom. The maximum absolute atomic E-state index is 12.0. The third-order valence-corrected chi connectivity index (χ3v) is 4.69. The van der Waals surface area contributed by atoms with Crippen molar-refractivity contribution in [2.45, 2.75) is 33.0 Å². The van der Waals surface area contributed by atoms with E-state index >= 15 is 0 Å². The van der Waals surface area contributed by atoms with Crippen molar-refractivity contribution in [3.63, 3.8) is 0 Å². The highest BCUT2D eigenvalue weighted by atomic mass is 79.9. The maximum Gasteiger partial charge on any atom is 0.223 e. The normalized spacial score (nSPS) is 12.8. The van der Waals surface area contributed by atoms with Crippen molar-refractivity contribution in [3.05, 3.63) is 63.1 Å². The number of fused-ring (bicyclic) bond motifs is 1. The fourth-order valence-electron chi connectivity index (χ4n) is 2.72. The lowest BCUT2D eigenvalue weighted by molar-refractivity contribution is -0.121. The fraction of sp³-hybridized carbons (Fsp3) is 0.316. The minimum absolute atomic E-state index is 0.00291. The van der Waals surface area contributed by atoms with Crippen molar-refractivity contribution >= 4 is 21.8 Å². The number of hydrogen-bond donors (Lipinski definition) is 2. The quantitative estimate of drug-likeness (QED) is 0.796. The zero-order valence-electron chi connectivity index (χ0n) is 13.7. The van der Waals surface area contributed by atoms with Crippen LogP contribution in [0.15, 0.2) is 40.9 Å². The van der Waals surface area contributed by atoms with Crippen LogP contribution >= 0.6 is 15.9 Å². The number of carbonyl (C=O) groups is 1. The minimum atomic E-state index is -0.00291. The van der Waals surface area contributed by atoms with Crippen molar-refractivity contribution in [2.24, 2.45) is 0 Å². The third-order valence-electron chi connectivity index (χ3n) is 4.07. The van der Waals surface area contributed by atoms with Gasteiger partial charge in [0, 0.05) is 19.6 Å². The zero-order chi connectivity index (χ0) is 16.9. The van der Waals surface area contributed by atoms with Crippen LogP contribution in [0.5, 0.6) is 5.75 Å². The Balaban J connectivity index is 1.43. The molecule has 0 saturated heterocycles. The number of rotatable bonds is 6. The van der Waals surface area contributed by atoms with E-state index in [0.29, 0.717) is 19.6 Å². The van der Waals surface area contributed by atoms with E-state index in [-0.39, 0.29) is 5.91 Å². The first-order valence-corrected chi connectivity index (χ1v) is 8.88. The number of hydrogen-bond acceptors (Lipinski definition) is 3. The topological polar surface area (TPSA) is 50.4 Å². The maximum atomic E-state index is 12.0. The number of nitrogens with one attached hydrogen (secondary N) is 2. The van der Waals surface area contributed by atoms with Crippen LogP contribution in [-0.4, -0.2) is 12.5 Å². The lowest BCUT2D eigenvalue weighted by atomic mass is 10.1. The van der Waals surface area contributed by atoms with Crippen molar-refractivity contribution in [3.8, 4) is 5.75 Å².